The van der Waals surface area contributed by atoms with Crippen LogP contribution in [-0.2, 0) is 19.6 Å². The van der Waals surface area contributed by atoms with Crippen molar-refractivity contribution in [2.24, 2.45) is 0 Å². The molecule has 1 aromatic heterocycles. The summed E-state index contributed by atoms with van der Waals surface area (Å²) in [6.45, 7) is 4.35. The lowest BCUT2D eigenvalue weighted by molar-refractivity contribution is -0.115. The Bertz CT molecular complexity index is 964. The standard InChI is InChI=1S/C18H23N3O6S/c1-5-27-18(23)16-11(2)20-12(3)17(16)28(24,25)19-10-15(22)21-13-6-8-14(26-4)9-7-13/h6-9,19-20H,5,10H2,1-4H3,(H,21,22). The number of benzene rings is 1. The van der Waals surface area contributed by atoms with Crippen LogP contribution < -0.4 is 14.8 Å². The predicted molar refractivity (Wildman–Crippen MR) is 103 cm³/mol. The molecule has 0 aliphatic heterocycles. The average molecular weight is 409 g/mol. The molecule has 10 heteroatoms. The van der Waals surface area contributed by atoms with Gasteiger partial charge in [0, 0.05) is 17.1 Å². The van der Waals surface area contributed by atoms with Gasteiger partial charge in [0.1, 0.15) is 16.2 Å². The number of H-pyrrole nitrogens is 1. The van der Waals surface area contributed by atoms with Crippen LogP contribution in [0.25, 0.3) is 0 Å². The van der Waals surface area contributed by atoms with Gasteiger partial charge in [-0.3, -0.25) is 4.79 Å². The molecule has 0 saturated carbocycles. The van der Waals surface area contributed by atoms with Crippen molar-refractivity contribution in [1.82, 2.24) is 9.71 Å². The van der Waals surface area contributed by atoms with Crippen molar-refractivity contribution in [3.63, 3.8) is 0 Å². The normalized spacial score (nSPS) is 11.1. The number of aryl methyl sites for hydroxylation is 2. The largest absolute Gasteiger partial charge is 0.497 e. The lowest BCUT2D eigenvalue weighted by Crippen LogP contribution is -2.33. The van der Waals surface area contributed by atoms with Gasteiger partial charge in [0.05, 0.1) is 20.3 Å². The minimum atomic E-state index is -4.13. The quantitative estimate of drug-likeness (QED) is 0.570. The van der Waals surface area contributed by atoms with E-state index < -0.39 is 28.4 Å². The topological polar surface area (TPSA) is 127 Å². The first-order chi connectivity index (χ1) is 13.2. The second-order valence-corrected chi connectivity index (χ2v) is 7.60. The maximum absolute atomic E-state index is 12.7. The highest BCUT2D eigenvalue weighted by Crippen LogP contribution is 2.24. The summed E-state index contributed by atoms with van der Waals surface area (Å²) in [5, 5.41) is 2.57. The number of amides is 1. The van der Waals surface area contributed by atoms with Crippen LogP contribution >= 0.6 is 0 Å². The molecule has 3 N–H and O–H groups in total. The van der Waals surface area contributed by atoms with E-state index in [1.807, 2.05) is 0 Å². The summed E-state index contributed by atoms with van der Waals surface area (Å²) in [4.78, 5) is 26.8. The zero-order valence-electron chi connectivity index (χ0n) is 16.1. The zero-order valence-corrected chi connectivity index (χ0v) is 16.9. The lowest BCUT2D eigenvalue weighted by atomic mass is 10.2. The van der Waals surface area contributed by atoms with Crippen molar-refractivity contribution in [2.45, 2.75) is 25.7 Å². The number of anilines is 1. The fraction of sp³-hybridized carbons (Fsp3) is 0.333. The van der Waals surface area contributed by atoms with E-state index in [-0.39, 0.29) is 22.8 Å². The first-order valence-corrected chi connectivity index (χ1v) is 9.97. The second-order valence-electron chi connectivity index (χ2n) is 5.90. The molecule has 0 atom stereocenters. The molecule has 1 heterocycles. The van der Waals surface area contributed by atoms with Gasteiger partial charge < -0.3 is 19.8 Å². The van der Waals surface area contributed by atoms with Crippen molar-refractivity contribution in [3.8, 4) is 5.75 Å². The van der Waals surface area contributed by atoms with Crippen LogP contribution in [-0.4, -0.2) is 45.5 Å². The van der Waals surface area contributed by atoms with E-state index in [1.165, 1.54) is 14.0 Å². The molecule has 0 bridgehead atoms. The maximum atomic E-state index is 12.7. The highest BCUT2D eigenvalue weighted by molar-refractivity contribution is 7.89. The number of rotatable bonds is 8. The first-order valence-electron chi connectivity index (χ1n) is 8.49. The van der Waals surface area contributed by atoms with Gasteiger partial charge in [-0.1, -0.05) is 0 Å². The van der Waals surface area contributed by atoms with E-state index >= 15 is 0 Å². The Morgan fingerprint density at radius 1 is 1.11 bits per heavy atom. The molecular weight excluding hydrogens is 386 g/mol. The molecular formula is C18H23N3O6S. The molecule has 0 aliphatic carbocycles. The summed E-state index contributed by atoms with van der Waals surface area (Å²) in [7, 11) is -2.60. The van der Waals surface area contributed by atoms with E-state index in [2.05, 4.69) is 15.0 Å². The lowest BCUT2D eigenvalue weighted by Gasteiger charge is -2.10. The SMILES string of the molecule is CCOC(=O)c1c(C)[nH]c(C)c1S(=O)(=O)NCC(=O)Nc1ccc(OC)cc1. The van der Waals surface area contributed by atoms with Crippen molar-refractivity contribution in [3.05, 3.63) is 41.2 Å². The van der Waals surface area contributed by atoms with Gasteiger partial charge in [-0.2, -0.15) is 0 Å². The van der Waals surface area contributed by atoms with Crippen LogP contribution in [0.4, 0.5) is 5.69 Å². The third-order valence-corrected chi connectivity index (χ3v) is 5.43. The molecule has 0 aliphatic rings. The van der Waals surface area contributed by atoms with Gasteiger partial charge in [-0.15, -0.1) is 0 Å². The van der Waals surface area contributed by atoms with Crippen LogP contribution in [0.2, 0.25) is 0 Å². The van der Waals surface area contributed by atoms with Gasteiger partial charge in [0.2, 0.25) is 15.9 Å². The number of ether oxygens (including phenoxy) is 2. The highest BCUT2D eigenvalue weighted by Gasteiger charge is 2.30. The first kappa shape index (κ1) is 21.5. The Morgan fingerprint density at radius 3 is 2.32 bits per heavy atom. The molecule has 152 valence electrons. The summed E-state index contributed by atoms with van der Waals surface area (Å²) in [5.41, 5.74) is 1.08. The summed E-state index contributed by atoms with van der Waals surface area (Å²) in [5.74, 6) is -0.674. The monoisotopic (exact) mass is 409 g/mol. The Kier molecular flexibility index (Phi) is 6.81. The minimum Gasteiger partial charge on any atom is -0.497 e. The van der Waals surface area contributed by atoms with E-state index in [1.54, 1.807) is 38.1 Å². The van der Waals surface area contributed by atoms with Crippen LogP contribution in [0.5, 0.6) is 5.75 Å². The Hall–Kier alpha value is -2.85. The summed E-state index contributed by atoms with van der Waals surface area (Å²) in [6, 6.07) is 6.59. The number of esters is 1. The number of carbonyl (C=O) groups excluding carboxylic acids is 2. The highest BCUT2D eigenvalue weighted by atomic mass is 32.2. The molecule has 1 aromatic carbocycles. The van der Waals surface area contributed by atoms with Gasteiger partial charge in [-0.25, -0.2) is 17.9 Å². The molecule has 0 fully saturated rings. The third-order valence-electron chi connectivity index (χ3n) is 3.86. The molecule has 2 rings (SSSR count). The van der Waals surface area contributed by atoms with Gasteiger partial charge >= 0.3 is 5.97 Å². The van der Waals surface area contributed by atoms with E-state index in [9.17, 15) is 18.0 Å². The number of hydrogen-bond donors (Lipinski definition) is 3. The molecule has 0 spiro atoms. The van der Waals surface area contributed by atoms with Gasteiger partial charge in [0.25, 0.3) is 0 Å². The van der Waals surface area contributed by atoms with Crippen molar-refractivity contribution < 1.29 is 27.5 Å². The Morgan fingerprint density at radius 2 is 1.75 bits per heavy atom. The molecule has 9 nitrogen and oxygen atoms in total. The summed E-state index contributed by atoms with van der Waals surface area (Å²) < 4.78 is 37.6. The smallest absolute Gasteiger partial charge is 0.341 e. The average Bonchev–Trinajstić information content (AvgIpc) is 2.96. The van der Waals surface area contributed by atoms with E-state index in [0.717, 1.165) is 0 Å². The van der Waals surface area contributed by atoms with Crippen LogP contribution in [0.3, 0.4) is 0 Å². The Balaban J connectivity index is 2.13. The van der Waals surface area contributed by atoms with Crippen molar-refractivity contribution >= 4 is 27.6 Å². The van der Waals surface area contributed by atoms with Crippen LogP contribution in [0, 0.1) is 13.8 Å². The summed E-state index contributed by atoms with van der Waals surface area (Å²) >= 11 is 0. The van der Waals surface area contributed by atoms with Crippen molar-refractivity contribution in [2.75, 3.05) is 25.6 Å². The number of carbonyl (C=O) groups is 2. The summed E-state index contributed by atoms with van der Waals surface area (Å²) in [6.07, 6.45) is 0. The molecule has 0 radical (unpaired) electrons. The fourth-order valence-electron chi connectivity index (χ4n) is 2.66. The molecule has 0 saturated heterocycles. The van der Waals surface area contributed by atoms with Crippen LogP contribution in [0.15, 0.2) is 29.2 Å². The number of hydrogen-bond acceptors (Lipinski definition) is 6. The van der Waals surface area contributed by atoms with Crippen LogP contribution in [0.1, 0.15) is 28.7 Å². The minimum absolute atomic E-state index is 0.0672. The Labute approximate surface area is 163 Å². The van der Waals surface area contributed by atoms with Gasteiger partial charge in [0.15, 0.2) is 0 Å². The van der Waals surface area contributed by atoms with E-state index in [0.29, 0.717) is 17.1 Å². The predicted octanol–water partition coefficient (Wildman–Crippen LogP) is 1.73. The van der Waals surface area contributed by atoms with E-state index in [4.69, 9.17) is 9.47 Å². The number of nitrogens with one attached hydrogen (secondary N) is 3. The van der Waals surface area contributed by atoms with Gasteiger partial charge in [-0.05, 0) is 45.0 Å². The molecule has 0 unspecified atom stereocenters. The maximum Gasteiger partial charge on any atom is 0.341 e. The molecule has 1 amide bonds. The molecule has 2 aromatic rings. The fourth-order valence-corrected chi connectivity index (χ4v) is 4.08. The number of methoxy groups -OCH3 is 1. The molecule has 28 heavy (non-hydrogen) atoms. The third kappa shape index (κ3) is 4.90. The second kappa shape index (κ2) is 8.89. The number of aromatic amines is 1. The zero-order chi connectivity index (χ0) is 20.9. The number of aromatic nitrogens is 1. The number of sulfonamides is 1. The van der Waals surface area contributed by atoms with Crippen molar-refractivity contribution in [1.29, 1.82) is 0 Å².